The molecule has 2 unspecified atom stereocenters. The molecular weight excluding hydrogens is 488 g/mol. The van der Waals surface area contributed by atoms with Crippen molar-refractivity contribution >= 4 is 17.1 Å². The standard InChI is InChI=1S/C29H34N2O5S/c1-18-5-7-19(8-6-18)26-27-21(28(2,30)17-36-27)16-25(31-26)29(3,33)12-11-24(37)20-9-10-22(35-14-13-32)23(15-20)34-4/h5-10,15-16,32-33H,11-14,17,30H2,1-4H3. The summed E-state index contributed by atoms with van der Waals surface area (Å²) in [4.78, 5) is 5.55. The van der Waals surface area contributed by atoms with Crippen LogP contribution >= 0.6 is 12.2 Å². The predicted molar refractivity (Wildman–Crippen MR) is 148 cm³/mol. The zero-order chi connectivity index (χ0) is 26.8. The van der Waals surface area contributed by atoms with Gasteiger partial charge in [-0.05, 0) is 63.4 Å². The van der Waals surface area contributed by atoms with E-state index in [2.05, 4.69) is 0 Å². The number of thiocarbonyl (C=S) groups is 1. The molecule has 2 heterocycles. The van der Waals surface area contributed by atoms with E-state index in [0.717, 1.165) is 22.3 Å². The van der Waals surface area contributed by atoms with Crippen molar-refractivity contribution in [2.24, 2.45) is 5.73 Å². The molecule has 0 saturated heterocycles. The third-order valence-corrected chi connectivity index (χ3v) is 7.09. The lowest BCUT2D eigenvalue weighted by molar-refractivity contribution is 0.0456. The van der Waals surface area contributed by atoms with Gasteiger partial charge in [-0.3, -0.25) is 0 Å². The van der Waals surface area contributed by atoms with Crippen molar-refractivity contribution < 1.29 is 24.4 Å². The number of hydrogen-bond acceptors (Lipinski definition) is 8. The molecule has 37 heavy (non-hydrogen) atoms. The van der Waals surface area contributed by atoms with Crippen LogP contribution in [0.2, 0.25) is 0 Å². The number of ether oxygens (including phenoxy) is 3. The van der Waals surface area contributed by atoms with Crippen molar-refractivity contribution in [3.05, 3.63) is 70.9 Å². The average molecular weight is 523 g/mol. The summed E-state index contributed by atoms with van der Waals surface area (Å²) in [5, 5.41) is 20.6. The van der Waals surface area contributed by atoms with Gasteiger partial charge in [0.2, 0.25) is 0 Å². The Hall–Kier alpha value is -3.04. The molecule has 1 aliphatic heterocycles. The number of aliphatic hydroxyl groups excluding tert-OH is 1. The van der Waals surface area contributed by atoms with E-state index < -0.39 is 11.1 Å². The summed E-state index contributed by atoms with van der Waals surface area (Å²) in [5.74, 6) is 1.73. The van der Waals surface area contributed by atoms with E-state index >= 15 is 0 Å². The van der Waals surface area contributed by atoms with Gasteiger partial charge < -0.3 is 30.2 Å². The fourth-order valence-electron chi connectivity index (χ4n) is 4.33. The molecule has 0 radical (unpaired) electrons. The summed E-state index contributed by atoms with van der Waals surface area (Å²) >= 11 is 5.70. The van der Waals surface area contributed by atoms with Crippen molar-refractivity contribution in [3.8, 4) is 28.5 Å². The Balaban J connectivity index is 1.60. The Morgan fingerprint density at radius 1 is 1.19 bits per heavy atom. The number of aromatic nitrogens is 1. The number of fused-ring (bicyclic) bond motifs is 1. The minimum atomic E-state index is -1.26. The fraction of sp³-hybridized carbons (Fsp3) is 0.379. The quantitative estimate of drug-likeness (QED) is 0.266. The molecule has 0 spiro atoms. The normalized spacial score (nSPS) is 18.0. The van der Waals surface area contributed by atoms with Crippen molar-refractivity contribution in [1.29, 1.82) is 0 Å². The lowest BCUT2D eigenvalue weighted by Gasteiger charge is -2.26. The van der Waals surface area contributed by atoms with Crippen LogP contribution in [0.3, 0.4) is 0 Å². The van der Waals surface area contributed by atoms with E-state index in [1.165, 1.54) is 0 Å². The lowest BCUT2D eigenvalue weighted by Crippen LogP contribution is -2.35. The van der Waals surface area contributed by atoms with Crippen molar-refractivity contribution in [1.82, 2.24) is 4.98 Å². The maximum absolute atomic E-state index is 11.6. The van der Waals surface area contributed by atoms with Gasteiger partial charge in [-0.15, -0.1) is 0 Å². The first-order valence-corrected chi connectivity index (χ1v) is 12.7. The van der Waals surface area contributed by atoms with E-state index in [-0.39, 0.29) is 13.2 Å². The van der Waals surface area contributed by atoms with Crippen LogP contribution in [0.15, 0.2) is 48.5 Å². The number of pyridine rings is 1. The molecule has 0 saturated carbocycles. The Morgan fingerprint density at radius 2 is 1.92 bits per heavy atom. The Morgan fingerprint density at radius 3 is 2.59 bits per heavy atom. The second-order valence-electron chi connectivity index (χ2n) is 9.94. The highest BCUT2D eigenvalue weighted by Crippen LogP contribution is 2.44. The highest BCUT2D eigenvalue weighted by atomic mass is 32.1. The van der Waals surface area contributed by atoms with Crippen LogP contribution in [-0.2, 0) is 11.1 Å². The molecule has 1 aromatic heterocycles. The molecular formula is C29H34N2O5S. The van der Waals surface area contributed by atoms with Gasteiger partial charge in [0.25, 0.3) is 0 Å². The predicted octanol–water partition coefficient (Wildman–Crippen LogP) is 4.41. The van der Waals surface area contributed by atoms with Crippen LogP contribution < -0.4 is 19.9 Å². The summed E-state index contributed by atoms with van der Waals surface area (Å²) in [5.41, 5.74) is 9.50. The van der Waals surface area contributed by atoms with Gasteiger partial charge in [-0.2, -0.15) is 0 Å². The first-order chi connectivity index (χ1) is 17.6. The van der Waals surface area contributed by atoms with Crippen molar-refractivity contribution in [2.45, 2.75) is 44.8 Å². The summed E-state index contributed by atoms with van der Waals surface area (Å²) in [7, 11) is 1.55. The minimum Gasteiger partial charge on any atom is -0.493 e. The summed E-state index contributed by atoms with van der Waals surface area (Å²) in [6, 6.07) is 15.3. The first-order valence-electron chi connectivity index (χ1n) is 12.3. The van der Waals surface area contributed by atoms with E-state index in [9.17, 15) is 5.11 Å². The third-order valence-electron chi connectivity index (χ3n) is 6.65. The lowest BCUT2D eigenvalue weighted by atomic mass is 9.88. The average Bonchev–Trinajstić information content (AvgIpc) is 3.20. The molecule has 0 aliphatic carbocycles. The van der Waals surface area contributed by atoms with E-state index in [4.69, 9.17) is 42.3 Å². The fourth-order valence-corrected chi connectivity index (χ4v) is 4.56. The Kier molecular flexibility index (Phi) is 7.85. The molecule has 2 atom stereocenters. The number of methoxy groups -OCH3 is 1. The van der Waals surface area contributed by atoms with Gasteiger partial charge in [0.15, 0.2) is 17.2 Å². The van der Waals surface area contributed by atoms with Crippen molar-refractivity contribution in [3.63, 3.8) is 0 Å². The number of benzene rings is 2. The van der Waals surface area contributed by atoms with Crippen LogP contribution in [0.1, 0.15) is 49.1 Å². The highest BCUT2D eigenvalue weighted by molar-refractivity contribution is 7.80. The zero-order valence-electron chi connectivity index (χ0n) is 21.7. The van der Waals surface area contributed by atoms with Crippen LogP contribution in [0, 0.1) is 6.92 Å². The van der Waals surface area contributed by atoms with Gasteiger partial charge in [0, 0.05) is 16.0 Å². The topological polar surface area (TPSA) is 107 Å². The molecule has 0 bridgehead atoms. The Bertz CT molecular complexity index is 1290. The van der Waals surface area contributed by atoms with E-state index in [1.807, 2.05) is 56.3 Å². The second-order valence-corrected chi connectivity index (χ2v) is 10.4. The summed E-state index contributed by atoms with van der Waals surface area (Å²) in [6.07, 6.45) is 0.815. The molecule has 0 fully saturated rings. The zero-order valence-corrected chi connectivity index (χ0v) is 22.5. The van der Waals surface area contributed by atoms with Gasteiger partial charge in [-0.25, -0.2) is 4.98 Å². The van der Waals surface area contributed by atoms with Gasteiger partial charge in [-0.1, -0.05) is 42.0 Å². The Labute approximate surface area is 223 Å². The molecule has 8 heteroatoms. The van der Waals surface area contributed by atoms with Crippen LogP contribution in [0.5, 0.6) is 17.2 Å². The van der Waals surface area contributed by atoms with Crippen LogP contribution in [-0.4, -0.2) is 47.0 Å². The van der Waals surface area contributed by atoms with Crippen molar-refractivity contribution in [2.75, 3.05) is 26.9 Å². The number of nitrogens with zero attached hydrogens (tertiary/aromatic N) is 1. The SMILES string of the molecule is COc1cc(C(=S)CCC(C)(O)c2cc3c(c(-c4ccc(C)cc4)n2)OCC3(C)N)ccc1OCCO. The molecule has 3 aromatic rings. The highest BCUT2D eigenvalue weighted by Gasteiger charge is 2.38. The molecule has 4 N–H and O–H groups in total. The number of nitrogens with two attached hydrogens (primary N) is 1. The minimum absolute atomic E-state index is 0.0871. The largest absolute Gasteiger partial charge is 0.493 e. The van der Waals surface area contributed by atoms with E-state index in [1.54, 1.807) is 20.1 Å². The molecule has 1 aliphatic rings. The third kappa shape index (κ3) is 5.78. The number of aliphatic hydroxyl groups is 2. The smallest absolute Gasteiger partial charge is 0.161 e. The number of rotatable bonds is 10. The summed E-state index contributed by atoms with van der Waals surface area (Å²) < 4.78 is 16.9. The first kappa shape index (κ1) is 27.0. The molecule has 2 aromatic carbocycles. The molecule has 0 amide bonds. The summed E-state index contributed by atoms with van der Waals surface area (Å²) in [6.45, 7) is 6.14. The van der Waals surface area contributed by atoms with Crippen LogP contribution in [0.25, 0.3) is 11.3 Å². The molecule has 4 rings (SSSR count). The maximum atomic E-state index is 11.6. The van der Waals surface area contributed by atoms with Gasteiger partial charge in [0.1, 0.15) is 24.5 Å². The van der Waals surface area contributed by atoms with Crippen LogP contribution in [0.4, 0.5) is 0 Å². The second kappa shape index (κ2) is 10.8. The molecule has 196 valence electrons. The molecule has 7 nitrogen and oxygen atoms in total. The monoisotopic (exact) mass is 522 g/mol. The number of aryl methyl sites for hydroxylation is 1. The van der Waals surface area contributed by atoms with Gasteiger partial charge >= 0.3 is 0 Å². The maximum Gasteiger partial charge on any atom is 0.161 e. The van der Waals surface area contributed by atoms with Gasteiger partial charge in [0.05, 0.1) is 24.9 Å². The number of hydrogen-bond donors (Lipinski definition) is 3. The van der Waals surface area contributed by atoms with E-state index in [0.29, 0.717) is 52.9 Å².